The highest BCUT2D eigenvalue weighted by atomic mass is 19.1. The Kier molecular flexibility index (Phi) is 3.50. The minimum absolute atomic E-state index is 0.120. The average molecular weight is 275 g/mol. The minimum atomic E-state index is -0.204. The maximum atomic E-state index is 13.5. The van der Waals surface area contributed by atoms with Crippen LogP contribution in [-0.2, 0) is 13.0 Å². The van der Waals surface area contributed by atoms with Gasteiger partial charge in [0.05, 0.1) is 11.0 Å². The van der Waals surface area contributed by atoms with Crippen LogP contribution in [0.15, 0.2) is 18.2 Å². The van der Waals surface area contributed by atoms with Crippen molar-refractivity contribution in [1.82, 2.24) is 9.55 Å². The number of hydrogen-bond acceptors (Lipinski definition) is 2. The van der Waals surface area contributed by atoms with Crippen LogP contribution in [0.25, 0.3) is 11.0 Å². The van der Waals surface area contributed by atoms with Gasteiger partial charge in [-0.05, 0) is 37.5 Å². The summed E-state index contributed by atoms with van der Waals surface area (Å²) >= 11 is 0. The molecular weight excluding hydrogens is 253 g/mol. The first-order chi connectivity index (χ1) is 9.61. The van der Waals surface area contributed by atoms with Crippen molar-refractivity contribution >= 4 is 11.0 Å². The van der Waals surface area contributed by atoms with Crippen LogP contribution in [-0.4, -0.2) is 15.1 Å². The predicted octanol–water partition coefficient (Wildman–Crippen LogP) is 3.40. The first-order valence-electron chi connectivity index (χ1n) is 7.55. The largest absolute Gasteiger partial charge is 0.328 e. The number of benzene rings is 1. The molecule has 1 aromatic carbocycles. The zero-order chi connectivity index (χ0) is 14.2. The van der Waals surface area contributed by atoms with E-state index in [9.17, 15) is 4.39 Å². The molecule has 1 fully saturated rings. The van der Waals surface area contributed by atoms with Crippen LogP contribution in [0.1, 0.15) is 44.9 Å². The van der Waals surface area contributed by atoms with Crippen LogP contribution in [0.5, 0.6) is 0 Å². The number of aryl methyl sites for hydroxylation is 1. The third-order valence-corrected chi connectivity index (χ3v) is 4.35. The Bertz CT molecular complexity index is 611. The van der Waals surface area contributed by atoms with E-state index in [1.54, 1.807) is 12.1 Å². The van der Waals surface area contributed by atoms with Crippen molar-refractivity contribution in [3.05, 3.63) is 29.8 Å². The van der Waals surface area contributed by atoms with Gasteiger partial charge < -0.3 is 10.3 Å². The molecule has 4 heteroatoms. The molecule has 2 N–H and O–H groups in total. The Morgan fingerprint density at radius 3 is 2.80 bits per heavy atom. The highest BCUT2D eigenvalue weighted by molar-refractivity contribution is 5.76. The molecule has 0 amide bonds. The summed E-state index contributed by atoms with van der Waals surface area (Å²) in [5.74, 6) is 0.807. The van der Waals surface area contributed by atoms with Gasteiger partial charge in [-0.3, -0.25) is 0 Å². The third-order valence-electron chi connectivity index (χ3n) is 4.35. The predicted molar refractivity (Wildman–Crippen MR) is 79.1 cm³/mol. The van der Waals surface area contributed by atoms with Gasteiger partial charge in [-0.2, -0.15) is 0 Å². The van der Waals surface area contributed by atoms with Gasteiger partial charge >= 0.3 is 0 Å². The zero-order valence-corrected chi connectivity index (χ0v) is 12.0. The Balaban J connectivity index is 2.02. The molecule has 0 unspecified atom stereocenters. The second kappa shape index (κ2) is 5.17. The molecule has 108 valence electrons. The molecule has 1 aromatic heterocycles. The maximum Gasteiger partial charge on any atom is 0.125 e. The van der Waals surface area contributed by atoms with Crippen molar-refractivity contribution in [2.45, 2.75) is 57.5 Å². The number of aromatic nitrogens is 2. The summed E-state index contributed by atoms with van der Waals surface area (Å²) in [4.78, 5) is 4.70. The molecule has 0 aliphatic heterocycles. The van der Waals surface area contributed by atoms with Crippen LogP contribution in [0.3, 0.4) is 0 Å². The Morgan fingerprint density at radius 2 is 2.10 bits per heavy atom. The molecule has 1 aliphatic rings. The number of rotatable bonds is 4. The second-order valence-electron chi connectivity index (χ2n) is 6.06. The van der Waals surface area contributed by atoms with Crippen molar-refractivity contribution in [1.29, 1.82) is 0 Å². The number of hydrogen-bond donors (Lipinski definition) is 1. The minimum Gasteiger partial charge on any atom is -0.328 e. The Hall–Kier alpha value is -1.42. The molecule has 3 rings (SSSR count). The van der Waals surface area contributed by atoms with Gasteiger partial charge in [0.1, 0.15) is 11.6 Å². The summed E-state index contributed by atoms with van der Waals surface area (Å²) < 4.78 is 15.6. The fourth-order valence-corrected chi connectivity index (χ4v) is 3.32. The lowest BCUT2D eigenvalue weighted by Gasteiger charge is -2.23. The second-order valence-corrected chi connectivity index (χ2v) is 6.06. The molecule has 0 spiro atoms. The molecule has 1 saturated carbocycles. The van der Waals surface area contributed by atoms with Gasteiger partial charge in [-0.1, -0.05) is 19.8 Å². The highest BCUT2D eigenvalue weighted by Gasteiger charge is 2.31. The summed E-state index contributed by atoms with van der Waals surface area (Å²) in [6.07, 6.45) is 6.35. The van der Waals surface area contributed by atoms with Crippen molar-refractivity contribution in [2.75, 3.05) is 0 Å². The molecule has 0 bridgehead atoms. The first kappa shape index (κ1) is 13.6. The fourth-order valence-electron chi connectivity index (χ4n) is 3.32. The van der Waals surface area contributed by atoms with Crippen LogP contribution in [0, 0.1) is 5.82 Å². The zero-order valence-electron chi connectivity index (χ0n) is 12.0. The monoisotopic (exact) mass is 275 g/mol. The van der Waals surface area contributed by atoms with Crippen LogP contribution >= 0.6 is 0 Å². The number of nitrogens with two attached hydrogens (primary N) is 1. The first-order valence-corrected chi connectivity index (χ1v) is 7.55. The van der Waals surface area contributed by atoms with Crippen LogP contribution in [0.4, 0.5) is 4.39 Å². The SMILES string of the molecule is CCCn1c(CC2(N)CCCC2)nc2ccc(F)cc21. The lowest BCUT2D eigenvalue weighted by atomic mass is 9.94. The fraction of sp³-hybridized carbons (Fsp3) is 0.562. The van der Waals surface area contributed by atoms with Crippen molar-refractivity contribution in [3.8, 4) is 0 Å². The van der Waals surface area contributed by atoms with Gasteiger partial charge in [0.15, 0.2) is 0 Å². The normalized spacial score (nSPS) is 17.9. The number of nitrogens with zero attached hydrogens (tertiary/aromatic N) is 2. The summed E-state index contributed by atoms with van der Waals surface area (Å²) in [6.45, 7) is 2.99. The van der Waals surface area contributed by atoms with E-state index in [0.717, 1.165) is 49.1 Å². The summed E-state index contributed by atoms with van der Waals surface area (Å²) in [5.41, 5.74) is 8.12. The van der Waals surface area contributed by atoms with E-state index in [2.05, 4.69) is 11.5 Å². The molecule has 0 atom stereocenters. The standard InChI is InChI=1S/C16H22FN3/c1-2-9-20-14-10-12(17)5-6-13(14)19-15(20)11-16(18)7-3-4-8-16/h5-6,10H,2-4,7-9,11,18H2,1H3. The lowest BCUT2D eigenvalue weighted by molar-refractivity contribution is 0.418. The number of imidazole rings is 1. The topological polar surface area (TPSA) is 43.8 Å². The maximum absolute atomic E-state index is 13.5. The van der Waals surface area contributed by atoms with Crippen LogP contribution in [0.2, 0.25) is 0 Å². The highest BCUT2D eigenvalue weighted by Crippen LogP contribution is 2.31. The number of fused-ring (bicyclic) bond motifs is 1. The van der Waals surface area contributed by atoms with Crippen molar-refractivity contribution in [2.24, 2.45) is 5.73 Å². The quantitative estimate of drug-likeness (QED) is 0.929. The molecule has 1 heterocycles. The third kappa shape index (κ3) is 2.44. The van der Waals surface area contributed by atoms with Gasteiger partial charge in [0.25, 0.3) is 0 Å². The van der Waals surface area contributed by atoms with Gasteiger partial charge in [0.2, 0.25) is 0 Å². The molecule has 0 saturated heterocycles. The summed E-state index contributed by atoms with van der Waals surface area (Å²) in [6, 6.07) is 4.82. The van der Waals surface area contributed by atoms with Crippen molar-refractivity contribution < 1.29 is 4.39 Å². The summed E-state index contributed by atoms with van der Waals surface area (Å²) in [7, 11) is 0. The van der Waals surface area contributed by atoms with E-state index in [0.29, 0.717) is 0 Å². The van der Waals surface area contributed by atoms with E-state index in [1.807, 2.05) is 0 Å². The molecule has 2 aromatic rings. The van der Waals surface area contributed by atoms with E-state index < -0.39 is 0 Å². The molecule has 0 radical (unpaired) electrons. The molecule has 3 nitrogen and oxygen atoms in total. The van der Waals surface area contributed by atoms with Gasteiger partial charge in [-0.25, -0.2) is 9.37 Å². The number of halogens is 1. The Labute approximate surface area is 119 Å². The average Bonchev–Trinajstić information content (AvgIpc) is 2.96. The van der Waals surface area contributed by atoms with Gasteiger partial charge in [-0.15, -0.1) is 0 Å². The molecule has 1 aliphatic carbocycles. The smallest absolute Gasteiger partial charge is 0.125 e. The van der Waals surface area contributed by atoms with E-state index in [-0.39, 0.29) is 11.4 Å². The van der Waals surface area contributed by atoms with E-state index >= 15 is 0 Å². The van der Waals surface area contributed by atoms with E-state index in [4.69, 9.17) is 10.7 Å². The molecular formula is C16H22FN3. The van der Waals surface area contributed by atoms with E-state index in [1.165, 1.54) is 18.9 Å². The Morgan fingerprint density at radius 1 is 1.35 bits per heavy atom. The lowest BCUT2D eigenvalue weighted by Crippen LogP contribution is -2.39. The van der Waals surface area contributed by atoms with Crippen LogP contribution < -0.4 is 5.73 Å². The molecule has 20 heavy (non-hydrogen) atoms. The summed E-state index contributed by atoms with van der Waals surface area (Å²) in [5, 5.41) is 0. The van der Waals surface area contributed by atoms with Crippen molar-refractivity contribution in [3.63, 3.8) is 0 Å². The van der Waals surface area contributed by atoms with Gasteiger partial charge in [0, 0.05) is 18.5 Å².